The molecule has 0 N–H and O–H groups in total. The number of carbonyl (C=O) groups is 1. The molecule has 0 aliphatic carbocycles. The van der Waals surface area contributed by atoms with Crippen LogP contribution in [0, 0.1) is 20.8 Å². The minimum absolute atomic E-state index is 0.104. The van der Waals surface area contributed by atoms with Gasteiger partial charge < -0.3 is 9.32 Å². The normalized spacial score (nSPS) is 16.6. The van der Waals surface area contributed by atoms with Crippen LogP contribution < -0.4 is 0 Å². The van der Waals surface area contributed by atoms with Gasteiger partial charge in [0.1, 0.15) is 11.5 Å². The zero-order chi connectivity index (χ0) is 16.4. The van der Waals surface area contributed by atoms with E-state index >= 15 is 0 Å². The molecule has 1 aliphatic heterocycles. The van der Waals surface area contributed by atoms with Crippen LogP contribution in [-0.4, -0.2) is 46.9 Å². The molecule has 0 unspecified atom stereocenters. The van der Waals surface area contributed by atoms with E-state index in [1.54, 1.807) is 11.3 Å². The number of hydrogen-bond acceptors (Lipinski definition) is 5. The van der Waals surface area contributed by atoms with E-state index in [1.165, 1.54) is 0 Å². The maximum absolute atomic E-state index is 12.9. The molecule has 6 heteroatoms. The van der Waals surface area contributed by atoms with Crippen LogP contribution in [0.15, 0.2) is 15.3 Å². The minimum Gasteiger partial charge on any atom is -0.466 e. The fourth-order valence-electron chi connectivity index (χ4n) is 3.14. The standard InChI is InChI=1S/C17H23N3O2S/c1-12-13(2)22-14(3)16(12)17(21)20-6-4-5-19(7-8-20)9-15-10-23-11-18-15/h10-11H,4-9H2,1-3H3. The van der Waals surface area contributed by atoms with E-state index < -0.39 is 0 Å². The first-order valence-corrected chi connectivity index (χ1v) is 8.96. The predicted molar refractivity (Wildman–Crippen MR) is 90.8 cm³/mol. The largest absolute Gasteiger partial charge is 0.466 e. The second kappa shape index (κ2) is 6.84. The number of carbonyl (C=O) groups excluding carboxylic acids is 1. The molecule has 0 bridgehead atoms. The first-order chi connectivity index (χ1) is 11.1. The molecule has 2 aromatic heterocycles. The Kier molecular flexibility index (Phi) is 4.82. The molecule has 1 fully saturated rings. The molecule has 3 rings (SSSR count). The molecule has 1 aliphatic rings. The first kappa shape index (κ1) is 16.2. The summed E-state index contributed by atoms with van der Waals surface area (Å²) in [6.45, 7) is 10.1. The molecule has 23 heavy (non-hydrogen) atoms. The van der Waals surface area contributed by atoms with Gasteiger partial charge in [0.15, 0.2) is 0 Å². The lowest BCUT2D eigenvalue weighted by Crippen LogP contribution is -2.35. The van der Waals surface area contributed by atoms with E-state index in [0.717, 1.165) is 67.5 Å². The molecule has 1 amide bonds. The summed E-state index contributed by atoms with van der Waals surface area (Å²) in [7, 11) is 0. The molecular weight excluding hydrogens is 310 g/mol. The second-order valence-corrected chi connectivity index (χ2v) is 6.83. The van der Waals surface area contributed by atoms with Crippen molar-refractivity contribution in [2.75, 3.05) is 26.2 Å². The van der Waals surface area contributed by atoms with E-state index in [1.807, 2.05) is 31.2 Å². The molecule has 1 saturated heterocycles. The predicted octanol–water partition coefficient (Wildman–Crippen LogP) is 3.01. The summed E-state index contributed by atoms with van der Waals surface area (Å²) < 4.78 is 5.61. The van der Waals surface area contributed by atoms with Gasteiger partial charge in [0, 0.05) is 43.7 Å². The van der Waals surface area contributed by atoms with Crippen LogP contribution in [0.4, 0.5) is 0 Å². The van der Waals surface area contributed by atoms with Crippen molar-refractivity contribution in [3.63, 3.8) is 0 Å². The number of rotatable bonds is 3. The molecule has 0 saturated carbocycles. The van der Waals surface area contributed by atoms with Gasteiger partial charge in [-0.2, -0.15) is 0 Å². The Morgan fingerprint density at radius 3 is 2.70 bits per heavy atom. The molecule has 0 spiro atoms. The number of amides is 1. The second-order valence-electron chi connectivity index (χ2n) is 6.12. The lowest BCUT2D eigenvalue weighted by atomic mass is 10.1. The summed E-state index contributed by atoms with van der Waals surface area (Å²) in [5, 5.41) is 2.09. The van der Waals surface area contributed by atoms with E-state index in [2.05, 4.69) is 15.3 Å². The van der Waals surface area contributed by atoms with Gasteiger partial charge in [0.25, 0.3) is 5.91 Å². The van der Waals surface area contributed by atoms with E-state index in [-0.39, 0.29) is 5.91 Å². The van der Waals surface area contributed by atoms with Gasteiger partial charge in [-0.15, -0.1) is 11.3 Å². The van der Waals surface area contributed by atoms with Gasteiger partial charge in [-0.3, -0.25) is 9.69 Å². The monoisotopic (exact) mass is 333 g/mol. The van der Waals surface area contributed by atoms with Gasteiger partial charge in [-0.05, 0) is 27.2 Å². The van der Waals surface area contributed by atoms with Crippen LogP contribution in [0.1, 0.15) is 39.6 Å². The number of hydrogen-bond donors (Lipinski definition) is 0. The molecule has 3 heterocycles. The molecule has 5 nitrogen and oxygen atoms in total. The van der Waals surface area contributed by atoms with Crippen molar-refractivity contribution >= 4 is 17.2 Å². The molecular formula is C17H23N3O2S. The van der Waals surface area contributed by atoms with Crippen LogP contribution in [0.5, 0.6) is 0 Å². The van der Waals surface area contributed by atoms with Crippen LogP contribution in [-0.2, 0) is 6.54 Å². The highest BCUT2D eigenvalue weighted by atomic mass is 32.1. The highest BCUT2D eigenvalue weighted by Gasteiger charge is 2.25. The minimum atomic E-state index is 0.104. The van der Waals surface area contributed by atoms with Crippen molar-refractivity contribution in [1.82, 2.24) is 14.8 Å². The number of aryl methyl sites for hydroxylation is 2. The van der Waals surface area contributed by atoms with Crippen molar-refractivity contribution in [3.05, 3.63) is 39.2 Å². The Labute approximate surface area is 140 Å². The zero-order valence-corrected chi connectivity index (χ0v) is 14.8. The lowest BCUT2D eigenvalue weighted by Gasteiger charge is -2.21. The SMILES string of the molecule is Cc1oc(C)c(C(=O)N2CCCN(Cc3cscn3)CC2)c1C. The summed E-state index contributed by atoms with van der Waals surface area (Å²) >= 11 is 1.63. The van der Waals surface area contributed by atoms with Gasteiger partial charge in [0.05, 0.1) is 16.8 Å². The Hall–Kier alpha value is -1.66. The lowest BCUT2D eigenvalue weighted by molar-refractivity contribution is 0.0758. The third kappa shape index (κ3) is 3.48. The summed E-state index contributed by atoms with van der Waals surface area (Å²) in [5.41, 5.74) is 4.70. The number of aromatic nitrogens is 1. The Balaban J connectivity index is 1.66. The van der Waals surface area contributed by atoms with Crippen molar-refractivity contribution < 1.29 is 9.21 Å². The van der Waals surface area contributed by atoms with Gasteiger partial charge in [0.2, 0.25) is 0 Å². The third-order valence-corrected chi connectivity index (χ3v) is 5.16. The third-order valence-electron chi connectivity index (χ3n) is 4.52. The van der Waals surface area contributed by atoms with E-state index in [9.17, 15) is 4.79 Å². The van der Waals surface area contributed by atoms with Crippen LogP contribution in [0.25, 0.3) is 0 Å². The van der Waals surface area contributed by atoms with Crippen LogP contribution in [0.3, 0.4) is 0 Å². The van der Waals surface area contributed by atoms with E-state index in [0.29, 0.717) is 0 Å². The smallest absolute Gasteiger partial charge is 0.257 e. The average Bonchev–Trinajstić information content (AvgIpc) is 3.02. The Morgan fingerprint density at radius 1 is 1.22 bits per heavy atom. The Bertz CT molecular complexity index is 678. The number of thiazole rings is 1. The van der Waals surface area contributed by atoms with Crippen LogP contribution in [0.2, 0.25) is 0 Å². The topological polar surface area (TPSA) is 49.6 Å². The molecule has 0 radical (unpaired) electrons. The Morgan fingerprint density at radius 2 is 2.04 bits per heavy atom. The zero-order valence-electron chi connectivity index (χ0n) is 14.0. The summed E-state index contributed by atoms with van der Waals surface area (Å²) in [5.74, 6) is 1.67. The fraction of sp³-hybridized carbons (Fsp3) is 0.529. The summed E-state index contributed by atoms with van der Waals surface area (Å²) in [4.78, 5) is 21.6. The van der Waals surface area contributed by atoms with Gasteiger partial charge in [-0.25, -0.2) is 4.98 Å². The van der Waals surface area contributed by atoms with Crippen molar-refractivity contribution in [2.45, 2.75) is 33.7 Å². The molecule has 2 aromatic rings. The maximum atomic E-state index is 12.9. The number of nitrogens with zero attached hydrogens (tertiary/aromatic N) is 3. The summed E-state index contributed by atoms with van der Waals surface area (Å²) in [6.07, 6.45) is 0.991. The fourth-order valence-corrected chi connectivity index (χ4v) is 3.69. The highest BCUT2D eigenvalue weighted by molar-refractivity contribution is 7.07. The first-order valence-electron chi connectivity index (χ1n) is 8.01. The van der Waals surface area contributed by atoms with Gasteiger partial charge in [-0.1, -0.05) is 0 Å². The highest BCUT2D eigenvalue weighted by Crippen LogP contribution is 2.23. The van der Waals surface area contributed by atoms with Crippen LogP contribution >= 0.6 is 11.3 Å². The quantitative estimate of drug-likeness (QED) is 0.866. The molecule has 0 atom stereocenters. The molecule has 0 aromatic carbocycles. The van der Waals surface area contributed by atoms with Gasteiger partial charge >= 0.3 is 0 Å². The molecule has 124 valence electrons. The number of furan rings is 1. The van der Waals surface area contributed by atoms with Crippen molar-refractivity contribution in [3.8, 4) is 0 Å². The van der Waals surface area contributed by atoms with Crippen molar-refractivity contribution in [1.29, 1.82) is 0 Å². The van der Waals surface area contributed by atoms with E-state index in [4.69, 9.17) is 4.42 Å². The van der Waals surface area contributed by atoms with Crippen molar-refractivity contribution in [2.24, 2.45) is 0 Å². The summed E-state index contributed by atoms with van der Waals surface area (Å²) in [6, 6.07) is 0. The average molecular weight is 333 g/mol. The maximum Gasteiger partial charge on any atom is 0.257 e.